The van der Waals surface area contributed by atoms with Crippen LogP contribution in [0.5, 0.6) is 0 Å². The van der Waals surface area contributed by atoms with E-state index in [1.807, 2.05) is 12.1 Å². The van der Waals surface area contributed by atoms with Crippen LogP contribution in [0.1, 0.15) is 0 Å². The number of nitrogens with two attached hydrogens (primary N) is 1. The fourth-order valence-electron chi connectivity index (χ4n) is 2.75. The van der Waals surface area contributed by atoms with E-state index in [0.29, 0.717) is 5.82 Å². The summed E-state index contributed by atoms with van der Waals surface area (Å²) in [4.78, 5) is 4.64. The molecule has 7 heteroatoms. The van der Waals surface area contributed by atoms with Crippen LogP contribution in [0.2, 0.25) is 0 Å². The van der Waals surface area contributed by atoms with Gasteiger partial charge in [0.15, 0.2) is 0 Å². The average molecular weight is 366 g/mol. The molecule has 2 heterocycles. The second kappa shape index (κ2) is 6.68. The molecule has 2 aromatic rings. The van der Waals surface area contributed by atoms with Crippen molar-refractivity contribution in [2.75, 3.05) is 50.0 Å². The number of piperazine rings is 1. The highest BCUT2D eigenvalue weighted by atomic mass is 79.9. The van der Waals surface area contributed by atoms with Crippen molar-refractivity contribution in [3.05, 3.63) is 34.9 Å². The Kier molecular flexibility index (Phi) is 4.66. The summed E-state index contributed by atoms with van der Waals surface area (Å²) in [6.07, 6.45) is 0. The van der Waals surface area contributed by atoms with Crippen molar-refractivity contribution in [3.63, 3.8) is 0 Å². The summed E-state index contributed by atoms with van der Waals surface area (Å²) in [5, 5.41) is 13.3. The first kappa shape index (κ1) is 15.3. The molecule has 0 unspecified atom stereocenters. The molecule has 0 aliphatic carbocycles. The third-order valence-electron chi connectivity index (χ3n) is 3.91. The summed E-state index contributed by atoms with van der Waals surface area (Å²) in [5.41, 5.74) is 7.91. The topological polar surface area (TPSA) is 70.5 Å². The molecule has 6 nitrogen and oxygen atoms in total. The minimum absolute atomic E-state index is 0.226. The van der Waals surface area contributed by atoms with E-state index in [0.717, 1.165) is 43.0 Å². The maximum atomic E-state index is 9.01. The highest BCUT2D eigenvalue weighted by Gasteiger charge is 2.17. The zero-order valence-corrected chi connectivity index (χ0v) is 13.9. The van der Waals surface area contributed by atoms with Crippen molar-refractivity contribution < 1.29 is 5.11 Å². The van der Waals surface area contributed by atoms with Gasteiger partial charge < -0.3 is 15.7 Å². The van der Waals surface area contributed by atoms with Crippen LogP contribution in [-0.4, -0.2) is 59.1 Å². The molecule has 1 fully saturated rings. The van der Waals surface area contributed by atoms with Crippen molar-refractivity contribution in [2.24, 2.45) is 0 Å². The predicted octanol–water partition coefficient (Wildman–Crippen LogP) is 1.33. The summed E-state index contributed by atoms with van der Waals surface area (Å²) < 4.78 is 2.64. The number of hydrogen-bond acceptors (Lipinski definition) is 5. The van der Waals surface area contributed by atoms with Crippen molar-refractivity contribution in [1.82, 2.24) is 14.7 Å². The number of aliphatic hydroxyl groups is 1. The fraction of sp³-hybridized carbons (Fsp3) is 0.400. The molecule has 0 spiro atoms. The van der Waals surface area contributed by atoms with Gasteiger partial charge in [-0.15, -0.1) is 5.10 Å². The van der Waals surface area contributed by atoms with Crippen LogP contribution < -0.4 is 10.6 Å². The van der Waals surface area contributed by atoms with E-state index in [-0.39, 0.29) is 6.61 Å². The molecular weight excluding hydrogens is 346 g/mol. The van der Waals surface area contributed by atoms with Crippen LogP contribution in [0, 0.1) is 0 Å². The molecular formula is C15H20BrN5O. The van der Waals surface area contributed by atoms with Crippen LogP contribution in [0.4, 0.5) is 11.5 Å². The summed E-state index contributed by atoms with van der Waals surface area (Å²) in [6, 6.07) is 10.1. The second-order valence-corrected chi connectivity index (χ2v) is 6.19. The minimum Gasteiger partial charge on any atom is -0.395 e. The van der Waals surface area contributed by atoms with Crippen LogP contribution >= 0.6 is 15.9 Å². The average Bonchev–Trinajstić information content (AvgIpc) is 2.87. The molecule has 1 aromatic heterocycles. The van der Waals surface area contributed by atoms with Gasteiger partial charge in [-0.3, -0.25) is 4.90 Å². The normalized spacial score (nSPS) is 16.2. The van der Waals surface area contributed by atoms with E-state index >= 15 is 0 Å². The molecule has 0 amide bonds. The van der Waals surface area contributed by atoms with E-state index < -0.39 is 0 Å². The van der Waals surface area contributed by atoms with Gasteiger partial charge in [0.1, 0.15) is 10.4 Å². The third-order valence-corrected chi connectivity index (χ3v) is 4.48. The summed E-state index contributed by atoms with van der Waals surface area (Å²) in [6.45, 7) is 4.86. The summed E-state index contributed by atoms with van der Waals surface area (Å²) in [7, 11) is 0. The van der Waals surface area contributed by atoms with Crippen molar-refractivity contribution in [1.29, 1.82) is 0 Å². The number of aliphatic hydroxyl groups excluding tert-OH is 1. The predicted molar refractivity (Wildman–Crippen MR) is 91.4 cm³/mol. The van der Waals surface area contributed by atoms with Gasteiger partial charge >= 0.3 is 0 Å². The van der Waals surface area contributed by atoms with Crippen molar-refractivity contribution >= 4 is 27.4 Å². The molecule has 118 valence electrons. The van der Waals surface area contributed by atoms with Crippen molar-refractivity contribution in [2.45, 2.75) is 0 Å². The number of β-amino-alcohol motifs (C(OH)–C–C–N with tert-alkyl or cyclic N) is 1. The summed E-state index contributed by atoms with van der Waals surface area (Å²) in [5.74, 6) is 0.495. The Bertz CT molecular complexity index is 637. The minimum atomic E-state index is 0.226. The van der Waals surface area contributed by atoms with Gasteiger partial charge in [-0.1, -0.05) is 6.07 Å². The lowest BCUT2D eigenvalue weighted by Gasteiger charge is -2.35. The number of aromatic nitrogens is 2. The van der Waals surface area contributed by atoms with E-state index in [9.17, 15) is 0 Å². The molecule has 1 aromatic carbocycles. The van der Waals surface area contributed by atoms with Gasteiger partial charge in [0, 0.05) is 44.5 Å². The molecule has 0 radical (unpaired) electrons. The zero-order chi connectivity index (χ0) is 15.5. The molecule has 0 atom stereocenters. The molecule has 1 aliphatic heterocycles. The molecule has 1 aliphatic rings. The molecule has 0 bridgehead atoms. The van der Waals surface area contributed by atoms with E-state index in [1.54, 1.807) is 10.7 Å². The van der Waals surface area contributed by atoms with E-state index in [4.69, 9.17) is 10.8 Å². The van der Waals surface area contributed by atoms with Gasteiger partial charge in [0.25, 0.3) is 0 Å². The number of rotatable bonds is 4. The standard InChI is InChI=1S/C15H20BrN5O/c16-14-11-15(17)18-21(14)13-3-1-2-12(10-13)20-6-4-19(5-7-20)8-9-22/h1-3,10-11,22H,4-9H2,(H2,17,18). The lowest BCUT2D eigenvalue weighted by Crippen LogP contribution is -2.47. The van der Waals surface area contributed by atoms with Gasteiger partial charge in [0.2, 0.25) is 0 Å². The van der Waals surface area contributed by atoms with Gasteiger partial charge in [0.05, 0.1) is 12.3 Å². The Morgan fingerprint density at radius 2 is 1.86 bits per heavy atom. The van der Waals surface area contributed by atoms with Gasteiger partial charge in [-0.05, 0) is 34.1 Å². The number of anilines is 2. The number of halogens is 1. The third kappa shape index (κ3) is 3.26. The first-order valence-corrected chi connectivity index (χ1v) is 8.16. The van der Waals surface area contributed by atoms with Gasteiger partial charge in [-0.25, -0.2) is 4.68 Å². The number of benzene rings is 1. The smallest absolute Gasteiger partial charge is 0.147 e. The highest BCUT2D eigenvalue weighted by Crippen LogP contribution is 2.24. The first-order chi connectivity index (χ1) is 10.7. The van der Waals surface area contributed by atoms with Crippen molar-refractivity contribution in [3.8, 4) is 5.69 Å². The van der Waals surface area contributed by atoms with Crippen LogP contribution in [0.25, 0.3) is 5.69 Å². The van der Waals surface area contributed by atoms with Gasteiger partial charge in [-0.2, -0.15) is 0 Å². The maximum absolute atomic E-state index is 9.01. The largest absolute Gasteiger partial charge is 0.395 e. The molecule has 1 saturated heterocycles. The number of nitrogens with zero attached hydrogens (tertiary/aromatic N) is 4. The quantitative estimate of drug-likeness (QED) is 0.855. The molecule has 3 N–H and O–H groups in total. The monoisotopic (exact) mass is 365 g/mol. The van der Waals surface area contributed by atoms with Crippen LogP contribution in [-0.2, 0) is 0 Å². The van der Waals surface area contributed by atoms with Crippen LogP contribution in [0.15, 0.2) is 34.9 Å². The van der Waals surface area contributed by atoms with Crippen LogP contribution in [0.3, 0.4) is 0 Å². The zero-order valence-electron chi connectivity index (χ0n) is 12.3. The molecule has 22 heavy (non-hydrogen) atoms. The first-order valence-electron chi connectivity index (χ1n) is 7.37. The fourth-order valence-corrected chi connectivity index (χ4v) is 3.27. The molecule has 3 rings (SSSR count). The van der Waals surface area contributed by atoms with E-state index in [2.05, 4.69) is 43.0 Å². The summed E-state index contributed by atoms with van der Waals surface area (Å²) >= 11 is 3.48. The molecule has 0 saturated carbocycles. The Labute approximate surface area is 138 Å². The lowest BCUT2D eigenvalue weighted by atomic mass is 10.2. The Morgan fingerprint density at radius 1 is 1.14 bits per heavy atom. The van der Waals surface area contributed by atoms with E-state index in [1.165, 1.54) is 5.69 Å². The number of nitrogen functional groups attached to an aromatic ring is 1. The second-order valence-electron chi connectivity index (χ2n) is 5.38. The highest BCUT2D eigenvalue weighted by molar-refractivity contribution is 9.10. The Balaban J connectivity index is 1.76. The maximum Gasteiger partial charge on any atom is 0.147 e. The SMILES string of the molecule is Nc1cc(Br)n(-c2cccc(N3CCN(CCO)CC3)c2)n1. The Morgan fingerprint density at radius 3 is 2.50 bits per heavy atom. The number of hydrogen-bond donors (Lipinski definition) is 2. The lowest BCUT2D eigenvalue weighted by molar-refractivity contribution is 0.189. The Hall–Kier alpha value is -1.57.